The topological polar surface area (TPSA) is 47.9 Å². The zero-order chi connectivity index (χ0) is 41.9. The summed E-state index contributed by atoms with van der Waals surface area (Å²) in [7, 11) is -6.30. The van der Waals surface area contributed by atoms with Gasteiger partial charge in [0.15, 0.2) is 8.32 Å². The third-order valence-electron chi connectivity index (χ3n) is 14.4. The van der Waals surface area contributed by atoms with Crippen LogP contribution in [0.3, 0.4) is 0 Å². The van der Waals surface area contributed by atoms with Crippen LogP contribution in [-0.2, 0) is 13.3 Å². The van der Waals surface area contributed by atoms with E-state index in [1.54, 1.807) is 0 Å². The Bertz CT molecular complexity index is 1020. The van der Waals surface area contributed by atoms with Gasteiger partial charge in [0.1, 0.15) is 0 Å². The molecule has 0 aromatic rings. The molecule has 0 aromatic carbocycles. The van der Waals surface area contributed by atoms with E-state index >= 15 is 0 Å². The Labute approximate surface area is 341 Å². The molecular weight excluding hydrogens is 807 g/mol. The van der Waals surface area contributed by atoms with E-state index in [4.69, 9.17) is 13.3 Å². The standard InChI is InChI=1S/C33H71O4Si3.3C4H9.Sn/c1-21-22-24(2)28(34)26(4)30(37-40(19,20)33(12,13)14)27(5)29(36-39(17,18)32(9,10)11)25(3)23-35-38(15,16)31(6,7)8;3*1-3-4-2;/h21-22,24-30,34H,1,23H2,2-20H3;3*1,3-4H2,2H3;/b22-21+;;;;. The van der Waals surface area contributed by atoms with Crippen LogP contribution in [0.25, 0.3) is 0 Å². The van der Waals surface area contributed by atoms with E-state index in [0.29, 0.717) is 6.61 Å². The average Bonchev–Trinajstić information content (AvgIpc) is 3.02. The van der Waals surface area contributed by atoms with Gasteiger partial charge in [-0.15, -0.1) is 0 Å². The van der Waals surface area contributed by atoms with E-state index in [-0.39, 0.29) is 51.0 Å². The van der Waals surface area contributed by atoms with Crippen LogP contribution in [0.4, 0.5) is 0 Å². The molecule has 0 bridgehead atoms. The molecule has 0 heterocycles. The molecule has 318 valence electrons. The molecule has 7 unspecified atom stereocenters. The molecule has 0 aliphatic carbocycles. The van der Waals surface area contributed by atoms with Gasteiger partial charge in [-0.1, -0.05) is 41.5 Å². The second-order valence-electron chi connectivity index (χ2n) is 22.2. The number of unbranched alkanes of at least 4 members (excludes halogenated alkanes) is 3. The fraction of sp³-hybridized carbons (Fsp3) is 0.956. The van der Waals surface area contributed by atoms with E-state index in [1.807, 2.05) is 0 Å². The minimum atomic E-state index is -2.30. The van der Waals surface area contributed by atoms with Gasteiger partial charge in [-0.3, -0.25) is 0 Å². The molecule has 0 spiro atoms. The molecule has 0 amide bonds. The molecule has 0 aliphatic heterocycles. The summed E-state index contributed by atoms with van der Waals surface area (Å²) in [6.45, 7) is 52.2. The first kappa shape index (κ1) is 54.0. The average molecular weight is 906 g/mol. The first-order valence-corrected chi connectivity index (χ1v) is 39.0. The molecule has 0 rings (SSSR count). The summed E-state index contributed by atoms with van der Waals surface area (Å²) < 4.78 is 27.8. The number of aliphatic hydroxyl groups excluding tert-OH is 1. The van der Waals surface area contributed by atoms with Crippen molar-refractivity contribution in [2.75, 3.05) is 6.61 Å². The monoisotopic (exact) mass is 907 g/mol. The van der Waals surface area contributed by atoms with Crippen molar-refractivity contribution in [3.05, 3.63) is 12.2 Å². The van der Waals surface area contributed by atoms with Crippen LogP contribution in [0.1, 0.15) is 149 Å². The van der Waals surface area contributed by atoms with Crippen molar-refractivity contribution in [2.45, 2.75) is 240 Å². The van der Waals surface area contributed by atoms with Crippen LogP contribution in [0.2, 0.25) is 72.1 Å². The molecule has 4 nitrogen and oxygen atoms in total. The Kier molecular flexibility index (Phi) is 22.8. The van der Waals surface area contributed by atoms with Gasteiger partial charge in [-0.2, -0.15) is 0 Å². The maximum absolute atomic E-state index is 12.3. The number of rotatable bonds is 25. The van der Waals surface area contributed by atoms with E-state index in [0.717, 1.165) is 0 Å². The summed E-state index contributed by atoms with van der Waals surface area (Å²) in [6, 6.07) is 0. The molecule has 0 saturated heterocycles. The summed E-state index contributed by atoms with van der Waals surface area (Å²) in [5.41, 5.74) is 0. The van der Waals surface area contributed by atoms with Gasteiger partial charge in [0.2, 0.25) is 0 Å². The molecule has 0 aromatic heterocycles. The van der Waals surface area contributed by atoms with Gasteiger partial charge in [0.05, 0.1) is 0 Å². The summed E-state index contributed by atoms with van der Waals surface area (Å²) in [5.74, 6) is 0.286. The molecule has 0 saturated carbocycles. The molecule has 53 heavy (non-hydrogen) atoms. The Morgan fingerprint density at radius 1 is 0.585 bits per heavy atom. The Morgan fingerprint density at radius 3 is 1.32 bits per heavy atom. The van der Waals surface area contributed by atoms with E-state index in [1.165, 1.54) is 56.3 Å². The fourth-order valence-electron chi connectivity index (χ4n) is 6.96. The van der Waals surface area contributed by atoms with Crippen LogP contribution in [-0.4, -0.2) is 73.4 Å². The third-order valence-corrected chi connectivity index (χ3v) is 43.1. The summed E-state index contributed by atoms with van der Waals surface area (Å²) in [4.78, 5) is 0. The van der Waals surface area contributed by atoms with Crippen LogP contribution in [0.15, 0.2) is 12.2 Å². The third kappa shape index (κ3) is 17.0. The first-order valence-electron chi connectivity index (χ1n) is 22.2. The van der Waals surface area contributed by atoms with Crippen LogP contribution in [0, 0.1) is 23.7 Å². The molecule has 8 heteroatoms. The van der Waals surface area contributed by atoms with Gasteiger partial charge < -0.3 is 0 Å². The minimum absolute atomic E-state index is 0.0405. The summed E-state index contributed by atoms with van der Waals surface area (Å²) in [5, 5.41) is 12.6. The number of allylic oxidation sites excluding steroid dienone is 1. The van der Waals surface area contributed by atoms with Gasteiger partial charge >= 0.3 is 276 Å². The van der Waals surface area contributed by atoms with Gasteiger partial charge in [-0.05, 0) is 18.1 Å². The fourth-order valence-corrected chi connectivity index (χ4v) is 26.2. The number of hydrogen-bond donors (Lipinski definition) is 1. The first-order chi connectivity index (χ1) is 23.9. The molecule has 0 aliphatic rings. The van der Waals surface area contributed by atoms with Crippen molar-refractivity contribution < 1.29 is 18.4 Å². The van der Waals surface area contributed by atoms with Gasteiger partial charge in [-0.25, -0.2) is 0 Å². The zero-order valence-corrected chi connectivity index (χ0v) is 46.0. The molecule has 0 radical (unpaired) electrons. The second kappa shape index (κ2) is 22.4. The van der Waals surface area contributed by atoms with Gasteiger partial charge in [0, 0.05) is 0 Å². The Morgan fingerprint density at radius 2 is 0.962 bits per heavy atom. The second-order valence-corrected chi connectivity index (χ2v) is 50.6. The zero-order valence-electron chi connectivity index (χ0n) is 40.1. The van der Waals surface area contributed by atoms with Crippen LogP contribution < -0.4 is 0 Å². The van der Waals surface area contributed by atoms with Crippen LogP contribution in [0.5, 0.6) is 0 Å². The van der Waals surface area contributed by atoms with Crippen molar-refractivity contribution in [1.82, 2.24) is 0 Å². The predicted octanol–water partition coefficient (Wildman–Crippen LogP) is 15.1. The molecule has 0 fully saturated rings. The Balaban J connectivity index is 6.90. The molecular formula is C45H98O4Si3Sn. The van der Waals surface area contributed by atoms with E-state index in [2.05, 4.69) is 162 Å². The normalized spacial score (nSPS) is 18.5. The Hall–Kier alpha value is 1.03. The summed E-state index contributed by atoms with van der Waals surface area (Å²) >= 11 is -2.30. The van der Waals surface area contributed by atoms with Crippen LogP contribution >= 0.6 is 0 Å². The van der Waals surface area contributed by atoms with Crippen molar-refractivity contribution in [2.24, 2.45) is 23.7 Å². The quantitative estimate of drug-likeness (QED) is 0.0732. The van der Waals surface area contributed by atoms with Gasteiger partial charge in [0.25, 0.3) is 0 Å². The van der Waals surface area contributed by atoms with E-state index in [9.17, 15) is 5.11 Å². The van der Waals surface area contributed by atoms with Crippen molar-refractivity contribution in [3.63, 3.8) is 0 Å². The van der Waals surface area contributed by atoms with Crippen molar-refractivity contribution in [1.29, 1.82) is 0 Å². The summed E-state index contributed by atoms with van der Waals surface area (Å²) in [6.07, 6.45) is 12.4. The van der Waals surface area contributed by atoms with Crippen molar-refractivity contribution >= 4 is 43.3 Å². The molecule has 1 N–H and O–H groups in total. The SMILES string of the molecule is CCC[CH2][Sn]([CH2]/C=C/C(C)C(O)C(C)C(O[Si](C)(C)C(C)(C)C)C(C)C(O[Si](C)(C)C(C)(C)C)C(C)CO[Si](C)(C)C(C)(C)C)([CH2]CCC)[CH2]CCC. The van der Waals surface area contributed by atoms with E-state index < -0.39 is 49.4 Å². The number of hydrogen-bond acceptors (Lipinski definition) is 4. The predicted molar refractivity (Wildman–Crippen MR) is 249 cm³/mol. The number of aliphatic hydroxyl groups is 1. The maximum atomic E-state index is 12.3. The molecule has 7 atom stereocenters. The van der Waals surface area contributed by atoms with Crippen molar-refractivity contribution in [3.8, 4) is 0 Å².